The van der Waals surface area contributed by atoms with Crippen molar-refractivity contribution in [2.24, 2.45) is 0 Å². The molecule has 1 N–H and O–H groups in total. The highest BCUT2D eigenvalue weighted by atomic mass is 16.6. The highest BCUT2D eigenvalue weighted by Crippen LogP contribution is 2.26. The van der Waals surface area contributed by atoms with Gasteiger partial charge in [0.2, 0.25) is 5.91 Å². The van der Waals surface area contributed by atoms with E-state index >= 15 is 0 Å². The number of amides is 1. The number of esters is 1. The number of methoxy groups -OCH3 is 1. The van der Waals surface area contributed by atoms with Crippen LogP contribution in [0.1, 0.15) is 12.0 Å². The Bertz CT molecular complexity index is 1050. The molecular weight excluding hydrogens is 388 g/mol. The van der Waals surface area contributed by atoms with Crippen LogP contribution >= 0.6 is 0 Å². The highest BCUT2D eigenvalue weighted by Gasteiger charge is 2.17. The largest absolute Gasteiger partial charge is 0.469 e. The van der Waals surface area contributed by atoms with Gasteiger partial charge in [-0.15, -0.1) is 0 Å². The first-order valence-electron chi connectivity index (χ1n) is 9.20. The third-order valence-corrected chi connectivity index (χ3v) is 4.39. The maximum Gasteiger partial charge on any atom is 0.307 e. The molecule has 30 heavy (non-hydrogen) atoms. The number of para-hydroxylation sites is 1. The van der Waals surface area contributed by atoms with E-state index in [0.29, 0.717) is 16.8 Å². The molecule has 0 saturated heterocycles. The maximum atomic E-state index is 12.4. The van der Waals surface area contributed by atoms with Crippen molar-refractivity contribution in [2.75, 3.05) is 13.7 Å². The Morgan fingerprint density at radius 1 is 1.13 bits per heavy atom. The number of hydrogen-bond acceptors (Lipinski definition) is 6. The number of benzene rings is 2. The number of non-ortho nitro benzene ring substituents is 1. The number of nitro groups is 1. The van der Waals surface area contributed by atoms with E-state index in [0.717, 1.165) is 5.69 Å². The number of aromatic nitrogens is 2. The van der Waals surface area contributed by atoms with Gasteiger partial charge in [-0.1, -0.05) is 18.2 Å². The van der Waals surface area contributed by atoms with Crippen LogP contribution in [-0.4, -0.2) is 40.2 Å². The molecule has 0 unspecified atom stereocenters. The topological polar surface area (TPSA) is 116 Å². The maximum absolute atomic E-state index is 12.4. The Hall–Kier alpha value is -4.01. The molecule has 0 radical (unpaired) electrons. The van der Waals surface area contributed by atoms with Crippen LogP contribution < -0.4 is 5.32 Å². The summed E-state index contributed by atoms with van der Waals surface area (Å²) in [6, 6.07) is 15.4. The second-order valence-electron chi connectivity index (χ2n) is 6.44. The van der Waals surface area contributed by atoms with Crippen molar-refractivity contribution in [3.05, 3.63) is 76.5 Å². The van der Waals surface area contributed by atoms with Crippen molar-refractivity contribution in [2.45, 2.75) is 12.8 Å². The first kappa shape index (κ1) is 20.7. The fourth-order valence-corrected chi connectivity index (χ4v) is 2.88. The molecule has 3 rings (SSSR count). The van der Waals surface area contributed by atoms with E-state index in [9.17, 15) is 19.7 Å². The van der Waals surface area contributed by atoms with Gasteiger partial charge in [0, 0.05) is 36.0 Å². The summed E-state index contributed by atoms with van der Waals surface area (Å²) in [5.41, 5.74) is 2.66. The summed E-state index contributed by atoms with van der Waals surface area (Å²) in [7, 11) is 1.29. The molecule has 1 amide bonds. The molecule has 0 saturated carbocycles. The second kappa shape index (κ2) is 9.46. The Morgan fingerprint density at radius 3 is 2.47 bits per heavy atom. The van der Waals surface area contributed by atoms with E-state index in [-0.39, 0.29) is 31.0 Å². The lowest BCUT2D eigenvalue weighted by atomic mass is 10.1. The molecule has 154 valence electrons. The third-order valence-electron chi connectivity index (χ3n) is 4.39. The Balaban J connectivity index is 1.86. The number of ether oxygens (including phenoxy) is 1. The molecule has 1 aromatic heterocycles. The Kier molecular flexibility index (Phi) is 6.53. The standard InChI is InChI=1S/C21H20N4O5/c1-30-20(27)11-12-22-19(26)13-16-14-24(17-5-3-2-4-6-17)23-21(16)15-7-9-18(10-8-15)25(28)29/h2-10,14H,11-13H2,1H3,(H,22,26). The van der Waals surface area contributed by atoms with Crippen molar-refractivity contribution < 1.29 is 19.2 Å². The van der Waals surface area contributed by atoms with Crippen LogP contribution in [0.2, 0.25) is 0 Å². The van der Waals surface area contributed by atoms with Crippen LogP contribution in [0.4, 0.5) is 5.69 Å². The second-order valence-corrected chi connectivity index (χ2v) is 6.44. The average Bonchev–Trinajstić information content (AvgIpc) is 3.18. The summed E-state index contributed by atoms with van der Waals surface area (Å²) in [5, 5.41) is 18.2. The number of nitrogens with zero attached hydrogens (tertiary/aromatic N) is 3. The minimum atomic E-state index is -0.470. The number of carbonyl (C=O) groups is 2. The van der Waals surface area contributed by atoms with Gasteiger partial charge in [0.15, 0.2) is 0 Å². The van der Waals surface area contributed by atoms with Crippen molar-refractivity contribution in [1.82, 2.24) is 15.1 Å². The van der Waals surface area contributed by atoms with E-state index in [4.69, 9.17) is 0 Å². The molecule has 1 heterocycles. The minimum absolute atomic E-state index is 0.0247. The smallest absolute Gasteiger partial charge is 0.307 e. The van der Waals surface area contributed by atoms with Gasteiger partial charge in [0.1, 0.15) is 0 Å². The number of nitro benzene ring substituents is 1. The van der Waals surface area contributed by atoms with E-state index in [1.165, 1.54) is 19.2 Å². The van der Waals surface area contributed by atoms with Crippen molar-refractivity contribution >= 4 is 17.6 Å². The van der Waals surface area contributed by atoms with Gasteiger partial charge < -0.3 is 10.1 Å². The van der Waals surface area contributed by atoms with Crippen LogP contribution in [0.5, 0.6) is 0 Å². The van der Waals surface area contributed by atoms with Crippen LogP contribution in [-0.2, 0) is 20.7 Å². The Morgan fingerprint density at radius 2 is 1.83 bits per heavy atom. The van der Waals surface area contributed by atoms with Gasteiger partial charge in [-0.3, -0.25) is 19.7 Å². The molecule has 9 heteroatoms. The zero-order valence-corrected chi connectivity index (χ0v) is 16.3. The van der Waals surface area contributed by atoms with Gasteiger partial charge in [0.05, 0.1) is 36.3 Å². The van der Waals surface area contributed by atoms with Gasteiger partial charge in [-0.2, -0.15) is 5.10 Å². The monoisotopic (exact) mass is 408 g/mol. The van der Waals surface area contributed by atoms with Gasteiger partial charge in [-0.05, 0) is 24.3 Å². The molecule has 0 spiro atoms. The molecule has 0 aliphatic heterocycles. The van der Waals surface area contributed by atoms with E-state index in [2.05, 4.69) is 15.2 Å². The van der Waals surface area contributed by atoms with Crippen LogP contribution in [0.15, 0.2) is 60.8 Å². The first-order valence-corrected chi connectivity index (χ1v) is 9.20. The van der Waals surface area contributed by atoms with E-state index in [1.54, 1.807) is 23.0 Å². The van der Waals surface area contributed by atoms with Crippen LogP contribution in [0.3, 0.4) is 0 Å². The molecule has 0 fully saturated rings. The lowest BCUT2D eigenvalue weighted by molar-refractivity contribution is -0.384. The lowest BCUT2D eigenvalue weighted by Crippen LogP contribution is -2.27. The quantitative estimate of drug-likeness (QED) is 0.348. The molecule has 0 aliphatic rings. The summed E-state index contributed by atoms with van der Waals surface area (Å²) in [6.07, 6.45) is 1.88. The predicted octanol–water partition coefficient (Wildman–Crippen LogP) is 2.67. The molecule has 3 aromatic rings. The summed E-state index contributed by atoms with van der Waals surface area (Å²) >= 11 is 0. The lowest BCUT2D eigenvalue weighted by Gasteiger charge is -2.05. The fraction of sp³-hybridized carbons (Fsp3) is 0.190. The molecule has 9 nitrogen and oxygen atoms in total. The van der Waals surface area contributed by atoms with Gasteiger partial charge in [0.25, 0.3) is 5.69 Å². The van der Waals surface area contributed by atoms with Crippen molar-refractivity contribution in [3.63, 3.8) is 0 Å². The Labute approximate surface area is 172 Å². The normalized spacial score (nSPS) is 10.4. The SMILES string of the molecule is COC(=O)CCNC(=O)Cc1cn(-c2ccccc2)nc1-c1ccc([N+](=O)[O-])cc1. The third kappa shape index (κ3) is 5.07. The highest BCUT2D eigenvalue weighted by molar-refractivity contribution is 5.81. The summed E-state index contributed by atoms with van der Waals surface area (Å²) in [6.45, 7) is 0.172. The number of hydrogen-bond donors (Lipinski definition) is 1. The molecule has 0 aliphatic carbocycles. The number of nitrogens with one attached hydrogen (secondary N) is 1. The van der Waals surface area contributed by atoms with Crippen LogP contribution in [0.25, 0.3) is 16.9 Å². The number of rotatable bonds is 8. The zero-order valence-electron chi connectivity index (χ0n) is 16.3. The summed E-state index contributed by atoms with van der Waals surface area (Å²) in [5.74, 6) is -0.673. The van der Waals surface area contributed by atoms with Crippen molar-refractivity contribution in [3.8, 4) is 16.9 Å². The fourth-order valence-electron chi connectivity index (χ4n) is 2.88. The minimum Gasteiger partial charge on any atom is -0.469 e. The van der Waals surface area contributed by atoms with Gasteiger partial charge >= 0.3 is 5.97 Å². The summed E-state index contributed by atoms with van der Waals surface area (Å²) < 4.78 is 6.22. The zero-order chi connectivity index (χ0) is 21.5. The van der Waals surface area contributed by atoms with Crippen molar-refractivity contribution in [1.29, 1.82) is 0 Å². The molecule has 0 bridgehead atoms. The van der Waals surface area contributed by atoms with E-state index in [1.807, 2.05) is 30.3 Å². The molecular formula is C21H20N4O5. The molecule has 0 atom stereocenters. The van der Waals surface area contributed by atoms with E-state index < -0.39 is 10.9 Å². The molecule has 2 aromatic carbocycles. The average molecular weight is 408 g/mol. The van der Waals surface area contributed by atoms with Gasteiger partial charge in [-0.25, -0.2) is 4.68 Å². The van der Waals surface area contributed by atoms with Crippen LogP contribution in [0, 0.1) is 10.1 Å². The first-order chi connectivity index (χ1) is 14.5. The number of carbonyl (C=O) groups excluding carboxylic acids is 2. The predicted molar refractivity (Wildman–Crippen MR) is 109 cm³/mol. The summed E-state index contributed by atoms with van der Waals surface area (Å²) in [4.78, 5) is 34.0.